The molecule has 116 valence electrons. The van der Waals surface area contributed by atoms with Crippen LogP contribution in [0.4, 0.5) is 0 Å². The highest BCUT2D eigenvalue weighted by Gasteiger charge is 2.25. The van der Waals surface area contributed by atoms with Gasteiger partial charge in [0.1, 0.15) is 10.3 Å². The van der Waals surface area contributed by atoms with Crippen molar-refractivity contribution in [3.05, 3.63) is 55.6 Å². The van der Waals surface area contributed by atoms with Crippen LogP contribution in [0.5, 0.6) is 0 Å². The molecule has 0 bridgehead atoms. The van der Waals surface area contributed by atoms with E-state index in [1.807, 2.05) is 31.2 Å². The maximum absolute atomic E-state index is 12.9. The first-order valence-corrected chi connectivity index (χ1v) is 8.86. The van der Waals surface area contributed by atoms with Gasteiger partial charge in [0.05, 0.1) is 11.4 Å². The summed E-state index contributed by atoms with van der Waals surface area (Å²) in [5.41, 5.74) is 1.64. The highest BCUT2D eigenvalue weighted by Crippen LogP contribution is 2.34. The summed E-state index contributed by atoms with van der Waals surface area (Å²) in [6.07, 6.45) is 5.37. The molecule has 0 spiro atoms. The van der Waals surface area contributed by atoms with E-state index in [2.05, 4.69) is 15.9 Å². The van der Waals surface area contributed by atoms with Gasteiger partial charge >= 0.3 is 0 Å². The zero-order valence-corrected chi connectivity index (χ0v) is 14.8. The lowest BCUT2D eigenvalue weighted by Crippen LogP contribution is -2.27. The number of hydrogen-bond donors (Lipinski definition) is 0. The zero-order chi connectivity index (χ0) is 15.7. The predicted molar refractivity (Wildman–Crippen MR) is 93.1 cm³/mol. The van der Waals surface area contributed by atoms with E-state index < -0.39 is 0 Å². The number of nitrogens with zero attached hydrogens (tertiary/aromatic N) is 2. The maximum Gasteiger partial charge on any atom is 0.272 e. The minimum atomic E-state index is -0.0314. The third-order valence-electron chi connectivity index (χ3n) is 4.26. The minimum Gasteiger partial charge on any atom is -0.268 e. The van der Waals surface area contributed by atoms with Gasteiger partial charge in [-0.2, -0.15) is 0 Å². The van der Waals surface area contributed by atoms with Crippen molar-refractivity contribution in [1.29, 1.82) is 0 Å². The molecular formula is C17H18BrClN2O. The van der Waals surface area contributed by atoms with E-state index in [1.54, 1.807) is 4.57 Å². The fraction of sp³-hybridized carbons (Fsp3) is 0.412. The van der Waals surface area contributed by atoms with Gasteiger partial charge in [-0.3, -0.25) is 9.36 Å². The Hall–Kier alpha value is -1.13. The molecule has 22 heavy (non-hydrogen) atoms. The molecule has 1 saturated carbocycles. The van der Waals surface area contributed by atoms with Crippen LogP contribution in [-0.2, 0) is 6.42 Å². The topological polar surface area (TPSA) is 34.9 Å². The van der Waals surface area contributed by atoms with E-state index in [0.717, 1.165) is 36.5 Å². The molecule has 1 fully saturated rings. The smallest absolute Gasteiger partial charge is 0.268 e. The lowest BCUT2D eigenvalue weighted by atomic mass is 10.1. The average Bonchev–Trinajstić information content (AvgIpc) is 3.05. The van der Waals surface area contributed by atoms with Gasteiger partial charge in [0.15, 0.2) is 0 Å². The van der Waals surface area contributed by atoms with E-state index in [4.69, 9.17) is 16.6 Å². The fourth-order valence-electron chi connectivity index (χ4n) is 3.09. The van der Waals surface area contributed by atoms with Crippen molar-refractivity contribution in [3.8, 4) is 5.69 Å². The molecule has 1 aromatic carbocycles. The second kappa shape index (κ2) is 6.55. The average molecular weight is 382 g/mol. The van der Waals surface area contributed by atoms with Crippen molar-refractivity contribution < 1.29 is 0 Å². The molecule has 0 saturated heterocycles. The van der Waals surface area contributed by atoms with Crippen LogP contribution in [0.2, 0.25) is 5.02 Å². The number of rotatable bonds is 3. The molecule has 1 heterocycles. The molecular weight excluding hydrogens is 364 g/mol. The lowest BCUT2D eigenvalue weighted by Gasteiger charge is -2.19. The number of aromatic nitrogens is 2. The van der Waals surface area contributed by atoms with Crippen molar-refractivity contribution in [2.75, 3.05) is 0 Å². The quantitative estimate of drug-likeness (QED) is 0.760. The van der Waals surface area contributed by atoms with Gasteiger partial charge in [-0.05, 0) is 59.5 Å². The van der Waals surface area contributed by atoms with Crippen molar-refractivity contribution in [2.24, 2.45) is 0 Å². The van der Waals surface area contributed by atoms with Gasteiger partial charge in [-0.1, -0.05) is 31.4 Å². The van der Waals surface area contributed by atoms with Gasteiger partial charge in [-0.15, -0.1) is 0 Å². The molecule has 3 rings (SSSR count). The van der Waals surface area contributed by atoms with E-state index in [1.165, 1.54) is 12.8 Å². The molecule has 3 nitrogen and oxygen atoms in total. The monoisotopic (exact) mass is 380 g/mol. The molecule has 0 unspecified atom stereocenters. The third kappa shape index (κ3) is 2.86. The van der Waals surface area contributed by atoms with Gasteiger partial charge in [0, 0.05) is 10.9 Å². The van der Waals surface area contributed by atoms with Gasteiger partial charge < -0.3 is 0 Å². The Labute approximate surface area is 143 Å². The van der Waals surface area contributed by atoms with E-state index >= 15 is 0 Å². The summed E-state index contributed by atoms with van der Waals surface area (Å²) in [5, 5.41) is 0.663. The second-order valence-corrected chi connectivity index (χ2v) is 6.91. The third-order valence-corrected chi connectivity index (χ3v) is 5.31. The summed E-state index contributed by atoms with van der Waals surface area (Å²) in [4.78, 5) is 17.7. The highest BCUT2D eigenvalue weighted by atomic mass is 79.9. The van der Waals surface area contributed by atoms with Gasteiger partial charge in [-0.25, -0.2) is 4.98 Å². The molecule has 5 heteroatoms. The highest BCUT2D eigenvalue weighted by molar-refractivity contribution is 9.10. The van der Waals surface area contributed by atoms with Crippen LogP contribution in [0.3, 0.4) is 0 Å². The normalized spacial score (nSPS) is 15.4. The van der Waals surface area contributed by atoms with Crippen LogP contribution in [0.15, 0.2) is 33.5 Å². The van der Waals surface area contributed by atoms with E-state index in [9.17, 15) is 4.79 Å². The Morgan fingerprint density at radius 3 is 2.50 bits per heavy atom. The molecule has 1 aliphatic rings. The van der Waals surface area contributed by atoms with Crippen molar-refractivity contribution in [3.63, 3.8) is 0 Å². The molecule has 0 atom stereocenters. The first-order valence-electron chi connectivity index (χ1n) is 7.69. The Morgan fingerprint density at radius 1 is 1.27 bits per heavy atom. The summed E-state index contributed by atoms with van der Waals surface area (Å²) in [6, 6.07) is 7.37. The largest absolute Gasteiger partial charge is 0.272 e. The standard InChI is InChI=1S/C17H18BrClN2O/c1-2-14-15(18)17(22)21(13-9-7-12(19)8-10-13)16(20-14)11-5-3-4-6-11/h7-11H,2-6H2,1H3. The SMILES string of the molecule is CCc1nc(C2CCCC2)n(-c2ccc(Cl)cc2)c(=O)c1Br. The first kappa shape index (κ1) is 15.8. The van der Waals surface area contributed by atoms with Crippen LogP contribution >= 0.6 is 27.5 Å². The van der Waals surface area contributed by atoms with Crippen molar-refractivity contribution in [2.45, 2.75) is 44.9 Å². The summed E-state index contributed by atoms with van der Waals surface area (Å²) in [6.45, 7) is 2.03. The Bertz CT molecular complexity index is 734. The van der Waals surface area contributed by atoms with Gasteiger partial charge in [0.2, 0.25) is 0 Å². The number of hydrogen-bond acceptors (Lipinski definition) is 2. The summed E-state index contributed by atoms with van der Waals surface area (Å²) in [7, 11) is 0. The Kier molecular flexibility index (Phi) is 4.69. The van der Waals surface area contributed by atoms with Crippen LogP contribution in [0, 0.1) is 0 Å². The number of benzene rings is 1. The van der Waals surface area contributed by atoms with E-state index in [0.29, 0.717) is 15.4 Å². The second-order valence-electron chi connectivity index (χ2n) is 5.68. The van der Waals surface area contributed by atoms with Crippen molar-refractivity contribution in [1.82, 2.24) is 9.55 Å². The Morgan fingerprint density at radius 2 is 1.91 bits per heavy atom. The first-order chi connectivity index (χ1) is 10.6. The van der Waals surface area contributed by atoms with Crippen LogP contribution in [0.1, 0.15) is 50.0 Å². The predicted octanol–water partition coefficient (Wildman–Crippen LogP) is 4.87. The van der Waals surface area contributed by atoms with Crippen LogP contribution < -0.4 is 5.56 Å². The van der Waals surface area contributed by atoms with Crippen LogP contribution in [0.25, 0.3) is 5.69 Å². The molecule has 0 radical (unpaired) electrons. The molecule has 1 aromatic heterocycles. The number of halogens is 2. The zero-order valence-electron chi connectivity index (χ0n) is 12.5. The maximum atomic E-state index is 12.9. The summed E-state index contributed by atoms with van der Waals surface area (Å²) >= 11 is 9.40. The summed E-state index contributed by atoms with van der Waals surface area (Å²) < 4.78 is 2.31. The fourth-order valence-corrected chi connectivity index (χ4v) is 3.77. The molecule has 0 aliphatic heterocycles. The van der Waals surface area contributed by atoms with Gasteiger partial charge in [0.25, 0.3) is 5.56 Å². The molecule has 1 aliphatic carbocycles. The lowest BCUT2D eigenvalue weighted by molar-refractivity contribution is 0.622. The molecule has 0 amide bonds. The van der Waals surface area contributed by atoms with Crippen molar-refractivity contribution >= 4 is 27.5 Å². The van der Waals surface area contributed by atoms with E-state index in [-0.39, 0.29) is 5.56 Å². The Balaban J connectivity index is 2.23. The minimum absolute atomic E-state index is 0.0314. The van der Waals surface area contributed by atoms with Crippen LogP contribution in [-0.4, -0.2) is 9.55 Å². The molecule has 0 N–H and O–H groups in total. The summed E-state index contributed by atoms with van der Waals surface area (Å²) in [5.74, 6) is 1.26. The molecule has 2 aromatic rings. The number of aryl methyl sites for hydroxylation is 1.